The van der Waals surface area contributed by atoms with E-state index in [4.69, 9.17) is 0 Å². The zero-order chi connectivity index (χ0) is 17.5. The van der Waals surface area contributed by atoms with Crippen molar-refractivity contribution in [1.82, 2.24) is 25.2 Å². The van der Waals surface area contributed by atoms with Gasteiger partial charge in [-0.25, -0.2) is 0 Å². The van der Waals surface area contributed by atoms with Crippen molar-refractivity contribution in [3.8, 4) is 0 Å². The maximum Gasteiger partial charge on any atom is 0.220 e. The van der Waals surface area contributed by atoms with E-state index < -0.39 is 0 Å². The summed E-state index contributed by atoms with van der Waals surface area (Å²) in [7, 11) is 0. The van der Waals surface area contributed by atoms with Gasteiger partial charge >= 0.3 is 0 Å². The first-order chi connectivity index (χ1) is 12.2. The highest BCUT2D eigenvalue weighted by Gasteiger charge is 2.30. The average molecular weight is 343 g/mol. The van der Waals surface area contributed by atoms with Crippen LogP contribution in [0.15, 0.2) is 42.7 Å². The molecular weight excluding hydrogens is 318 g/mol. The third kappa shape index (κ3) is 5.37. The van der Waals surface area contributed by atoms with Gasteiger partial charge < -0.3 is 10.4 Å². The van der Waals surface area contributed by atoms with Crippen LogP contribution in [0.4, 0.5) is 0 Å². The Bertz CT molecular complexity index is 647. The summed E-state index contributed by atoms with van der Waals surface area (Å²) in [6, 6.07) is 10.4. The lowest BCUT2D eigenvalue weighted by molar-refractivity contribution is -0.121. The topological polar surface area (TPSA) is 83.3 Å². The van der Waals surface area contributed by atoms with E-state index in [2.05, 4.69) is 32.7 Å². The Morgan fingerprint density at radius 2 is 2.16 bits per heavy atom. The van der Waals surface area contributed by atoms with Crippen LogP contribution in [0.1, 0.15) is 24.8 Å². The molecule has 0 aliphatic carbocycles. The SMILES string of the molecule is O=C(CCCn1ccnn1)NCC1CC(O)CN1Cc1ccccc1. The summed E-state index contributed by atoms with van der Waals surface area (Å²) >= 11 is 0. The number of carbonyl (C=O) groups is 1. The van der Waals surface area contributed by atoms with Gasteiger partial charge in [0.15, 0.2) is 0 Å². The van der Waals surface area contributed by atoms with Gasteiger partial charge in [0.25, 0.3) is 0 Å². The van der Waals surface area contributed by atoms with E-state index in [1.807, 2.05) is 18.2 Å². The second kappa shape index (κ2) is 8.73. The smallest absolute Gasteiger partial charge is 0.220 e. The minimum absolute atomic E-state index is 0.0427. The summed E-state index contributed by atoms with van der Waals surface area (Å²) in [5.41, 5.74) is 1.22. The Balaban J connectivity index is 1.41. The quantitative estimate of drug-likeness (QED) is 0.741. The molecule has 1 saturated heterocycles. The largest absolute Gasteiger partial charge is 0.392 e. The highest BCUT2D eigenvalue weighted by molar-refractivity contribution is 5.75. The highest BCUT2D eigenvalue weighted by atomic mass is 16.3. The summed E-state index contributed by atoms with van der Waals surface area (Å²) in [4.78, 5) is 14.3. The molecular formula is C18H25N5O2. The van der Waals surface area contributed by atoms with Gasteiger partial charge in [0.2, 0.25) is 5.91 Å². The fourth-order valence-electron chi connectivity index (χ4n) is 3.26. The second-order valence-electron chi connectivity index (χ2n) is 6.53. The Labute approximate surface area is 147 Å². The van der Waals surface area contributed by atoms with E-state index in [-0.39, 0.29) is 18.1 Å². The van der Waals surface area contributed by atoms with Crippen molar-refractivity contribution in [2.75, 3.05) is 13.1 Å². The zero-order valence-electron chi connectivity index (χ0n) is 14.3. The number of carbonyl (C=O) groups excluding carboxylic acids is 1. The fourth-order valence-corrected chi connectivity index (χ4v) is 3.26. The number of hydrogen-bond acceptors (Lipinski definition) is 5. The van der Waals surface area contributed by atoms with Crippen molar-refractivity contribution in [1.29, 1.82) is 0 Å². The molecule has 7 nitrogen and oxygen atoms in total. The number of aryl methyl sites for hydroxylation is 1. The van der Waals surface area contributed by atoms with Crippen molar-refractivity contribution in [3.63, 3.8) is 0 Å². The number of aliphatic hydroxyl groups is 1. The maximum absolute atomic E-state index is 12.0. The summed E-state index contributed by atoms with van der Waals surface area (Å²) in [6.07, 6.45) is 5.00. The lowest BCUT2D eigenvalue weighted by atomic mass is 10.1. The number of likely N-dealkylation sites (tertiary alicyclic amines) is 1. The van der Waals surface area contributed by atoms with Crippen LogP contribution < -0.4 is 5.32 Å². The molecule has 0 spiro atoms. The molecule has 3 rings (SSSR count). The van der Waals surface area contributed by atoms with Gasteiger partial charge in [-0.2, -0.15) is 0 Å². The molecule has 1 amide bonds. The molecule has 2 heterocycles. The van der Waals surface area contributed by atoms with E-state index in [9.17, 15) is 9.90 Å². The van der Waals surface area contributed by atoms with Crippen LogP contribution in [0, 0.1) is 0 Å². The molecule has 25 heavy (non-hydrogen) atoms. The Hall–Kier alpha value is -2.25. The molecule has 134 valence electrons. The molecule has 7 heteroatoms. The number of nitrogens with zero attached hydrogens (tertiary/aromatic N) is 4. The van der Waals surface area contributed by atoms with Crippen LogP contribution in [0.3, 0.4) is 0 Å². The van der Waals surface area contributed by atoms with Gasteiger partial charge in [-0.05, 0) is 18.4 Å². The molecule has 2 atom stereocenters. The van der Waals surface area contributed by atoms with E-state index in [1.54, 1.807) is 17.1 Å². The molecule has 1 aromatic heterocycles. The van der Waals surface area contributed by atoms with Gasteiger partial charge in [0.05, 0.1) is 12.3 Å². The standard InChI is InChI=1S/C18H25N5O2/c24-17-11-16(22(14-17)13-15-5-2-1-3-6-15)12-19-18(25)7-4-9-23-10-8-20-21-23/h1-3,5-6,8,10,16-17,24H,4,7,9,11-14H2,(H,19,25). The first kappa shape index (κ1) is 17.6. The predicted octanol–water partition coefficient (Wildman–Crippen LogP) is 0.810. The fraction of sp³-hybridized carbons (Fsp3) is 0.500. The molecule has 2 unspecified atom stereocenters. The molecule has 1 aromatic carbocycles. The molecule has 1 aliphatic heterocycles. The van der Waals surface area contributed by atoms with Crippen molar-refractivity contribution < 1.29 is 9.90 Å². The molecule has 2 aromatic rings. The van der Waals surface area contributed by atoms with Crippen LogP contribution in [0.5, 0.6) is 0 Å². The molecule has 0 bridgehead atoms. The van der Waals surface area contributed by atoms with E-state index in [0.29, 0.717) is 32.5 Å². The minimum atomic E-state index is -0.321. The lowest BCUT2D eigenvalue weighted by Gasteiger charge is -2.24. The number of rotatable bonds is 8. The number of benzene rings is 1. The van der Waals surface area contributed by atoms with Crippen molar-refractivity contribution in [2.45, 2.75) is 44.5 Å². The second-order valence-corrected chi connectivity index (χ2v) is 6.53. The first-order valence-corrected chi connectivity index (χ1v) is 8.77. The molecule has 1 aliphatic rings. The van der Waals surface area contributed by atoms with Gasteiger partial charge in [0, 0.05) is 44.8 Å². The molecule has 0 saturated carbocycles. The lowest BCUT2D eigenvalue weighted by Crippen LogP contribution is -2.39. The van der Waals surface area contributed by atoms with Crippen molar-refractivity contribution in [2.24, 2.45) is 0 Å². The number of amides is 1. The van der Waals surface area contributed by atoms with Gasteiger partial charge in [0.1, 0.15) is 0 Å². The predicted molar refractivity (Wildman–Crippen MR) is 93.5 cm³/mol. The third-order valence-electron chi connectivity index (χ3n) is 4.53. The number of hydrogen-bond donors (Lipinski definition) is 2. The van der Waals surface area contributed by atoms with E-state index >= 15 is 0 Å². The Kier molecular flexibility index (Phi) is 6.14. The summed E-state index contributed by atoms with van der Waals surface area (Å²) < 4.78 is 1.72. The highest BCUT2D eigenvalue weighted by Crippen LogP contribution is 2.20. The molecule has 1 fully saturated rings. The van der Waals surface area contributed by atoms with Gasteiger partial charge in [-0.1, -0.05) is 35.5 Å². The van der Waals surface area contributed by atoms with Crippen LogP contribution in [0.25, 0.3) is 0 Å². The number of aromatic nitrogens is 3. The molecule has 0 radical (unpaired) electrons. The van der Waals surface area contributed by atoms with Crippen LogP contribution in [-0.2, 0) is 17.9 Å². The number of aliphatic hydroxyl groups excluding tert-OH is 1. The minimum Gasteiger partial charge on any atom is -0.392 e. The van der Waals surface area contributed by atoms with Crippen molar-refractivity contribution in [3.05, 3.63) is 48.3 Å². The number of nitrogens with one attached hydrogen (secondary N) is 1. The first-order valence-electron chi connectivity index (χ1n) is 8.77. The Morgan fingerprint density at radius 3 is 2.92 bits per heavy atom. The van der Waals surface area contributed by atoms with Crippen LogP contribution >= 0.6 is 0 Å². The van der Waals surface area contributed by atoms with Gasteiger partial charge in [-0.3, -0.25) is 14.4 Å². The molecule has 2 N–H and O–H groups in total. The third-order valence-corrected chi connectivity index (χ3v) is 4.53. The average Bonchev–Trinajstić information content (AvgIpc) is 3.24. The number of β-amino-alcohol motifs (C(OH)–C–C–N with tert-alkyl or cyclic N) is 1. The zero-order valence-corrected chi connectivity index (χ0v) is 14.3. The summed E-state index contributed by atoms with van der Waals surface area (Å²) in [5, 5.41) is 20.6. The summed E-state index contributed by atoms with van der Waals surface area (Å²) in [5.74, 6) is 0.0427. The van der Waals surface area contributed by atoms with E-state index in [1.165, 1.54) is 5.56 Å². The van der Waals surface area contributed by atoms with E-state index in [0.717, 1.165) is 13.0 Å². The summed E-state index contributed by atoms with van der Waals surface area (Å²) in [6.45, 7) is 2.72. The van der Waals surface area contributed by atoms with Gasteiger partial charge in [-0.15, -0.1) is 5.10 Å². The Morgan fingerprint density at radius 1 is 1.32 bits per heavy atom. The van der Waals surface area contributed by atoms with Crippen LogP contribution in [0.2, 0.25) is 0 Å². The van der Waals surface area contributed by atoms with Crippen LogP contribution in [-0.4, -0.2) is 56.1 Å². The monoisotopic (exact) mass is 343 g/mol. The normalized spacial score (nSPS) is 20.7. The van der Waals surface area contributed by atoms with Crippen molar-refractivity contribution >= 4 is 5.91 Å². The maximum atomic E-state index is 12.0.